The number of likely N-dealkylation sites (N-methyl/N-ethyl adjacent to an activating group) is 2. The Morgan fingerprint density at radius 3 is 2.56 bits per heavy atom. The zero-order valence-electron chi connectivity index (χ0n) is 10.2. The number of amides is 1. The van der Waals surface area contributed by atoms with Gasteiger partial charge in [-0.3, -0.25) is 9.69 Å². The molecule has 16 heavy (non-hydrogen) atoms. The van der Waals surface area contributed by atoms with Gasteiger partial charge in [0.25, 0.3) is 0 Å². The fourth-order valence-electron chi connectivity index (χ4n) is 1.08. The van der Waals surface area contributed by atoms with Crippen LogP contribution in [0.2, 0.25) is 0 Å². The number of ether oxygens (including phenoxy) is 1. The first-order chi connectivity index (χ1) is 7.63. The highest BCUT2D eigenvalue weighted by atomic mass is 16.5. The van der Waals surface area contributed by atoms with Crippen molar-refractivity contribution in [2.45, 2.75) is 13.8 Å². The van der Waals surface area contributed by atoms with Crippen molar-refractivity contribution >= 4 is 11.9 Å². The van der Waals surface area contributed by atoms with E-state index in [9.17, 15) is 9.59 Å². The lowest BCUT2D eigenvalue weighted by molar-refractivity contribution is -0.137. The average molecular weight is 228 g/mol. The second kappa shape index (κ2) is 8.91. The van der Waals surface area contributed by atoms with Crippen molar-refractivity contribution in [1.82, 2.24) is 10.2 Å². The number of carbonyl (C=O) groups is 2. The third kappa shape index (κ3) is 7.00. The maximum atomic E-state index is 11.1. The summed E-state index contributed by atoms with van der Waals surface area (Å²) in [4.78, 5) is 24.0. The summed E-state index contributed by atoms with van der Waals surface area (Å²) in [6.45, 7) is 5.74. The second-order valence-corrected chi connectivity index (χ2v) is 3.16. The number of rotatable bonds is 7. The maximum Gasteiger partial charge on any atom is 0.330 e. The summed E-state index contributed by atoms with van der Waals surface area (Å²) in [5.41, 5.74) is 0. The third-order valence-electron chi connectivity index (χ3n) is 2.00. The molecule has 0 rings (SSSR count). The second-order valence-electron chi connectivity index (χ2n) is 3.16. The molecule has 0 aromatic heterocycles. The first kappa shape index (κ1) is 14.6. The zero-order chi connectivity index (χ0) is 12.4. The minimum absolute atomic E-state index is 0.0358. The lowest BCUT2D eigenvalue weighted by Crippen LogP contribution is -2.35. The Kier molecular flexibility index (Phi) is 8.15. The number of hydrogen-bond donors (Lipinski definition) is 1. The largest absolute Gasteiger partial charge is 0.463 e. The molecule has 0 aliphatic carbocycles. The fraction of sp³-hybridized carbons (Fsp3) is 0.636. The topological polar surface area (TPSA) is 58.6 Å². The first-order valence-corrected chi connectivity index (χ1v) is 5.40. The van der Waals surface area contributed by atoms with Crippen LogP contribution in [0.15, 0.2) is 12.2 Å². The van der Waals surface area contributed by atoms with E-state index in [4.69, 9.17) is 4.74 Å². The smallest absolute Gasteiger partial charge is 0.330 e. The molecule has 0 saturated carbocycles. The van der Waals surface area contributed by atoms with Crippen LogP contribution in [0.3, 0.4) is 0 Å². The summed E-state index contributed by atoms with van der Waals surface area (Å²) < 4.78 is 4.74. The van der Waals surface area contributed by atoms with Crippen LogP contribution in [0.25, 0.3) is 0 Å². The highest BCUT2D eigenvalue weighted by Gasteiger charge is 2.05. The lowest BCUT2D eigenvalue weighted by atomic mass is 10.4. The van der Waals surface area contributed by atoms with Gasteiger partial charge in [-0.2, -0.15) is 0 Å². The van der Waals surface area contributed by atoms with E-state index in [1.54, 1.807) is 20.0 Å². The molecule has 0 bridgehead atoms. The third-order valence-corrected chi connectivity index (χ3v) is 2.00. The molecule has 5 heteroatoms. The molecule has 0 fully saturated rings. The predicted molar refractivity (Wildman–Crippen MR) is 62.0 cm³/mol. The van der Waals surface area contributed by atoms with Crippen LogP contribution < -0.4 is 5.32 Å². The quantitative estimate of drug-likeness (QED) is 0.498. The van der Waals surface area contributed by atoms with Crippen molar-refractivity contribution in [2.24, 2.45) is 0 Å². The fourth-order valence-corrected chi connectivity index (χ4v) is 1.08. The van der Waals surface area contributed by atoms with Crippen molar-refractivity contribution in [3.63, 3.8) is 0 Å². The van der Waals surface area contributed by atoms with Gasteiger partial charge < -0.3 is 10.1 Å². The first-order valence-electron chi connectivity index (χ1n) is 5.40. The molecule has 0 aromatic carbocycles. The van der Waals surface area contributed by atoms with E-state index in [1.165, 1.54) is 6.08 Å². The normalized spacial score (nSPS) is 10.8. The molecule has 0 saturated heterocycles. The average Bonchev–Trinajstić information content (AvgIpc) is 2.27. The molecule has 0 atom stereocenters. The molecule has 0 aliphatic rings. The summed E-state index contributed by atoms with van der Waals surface area (Å²) >= 11 is 0. The Labute approximate surface area is 96.4 Å². The molecular weight excluding hydrogens is 208 g/mol. The molecule has 0 aliphatic heterocycles. The van der Waals surface area contributed by atoms with Gasteiger partial charge in [0.15, 0.2) is 0 Å². The highest BCUT2D eigenvalue weighted by molar-refractivity contribution is 5.82. The molecule has 0 unspecified atom stereocenters. The van der Waals surface area contributed by atoms with Crippen LogP contribution in [-0.2, 0) is 14.3 Å². The van der Waals surface area contributed by atoms with Crippen molar-refractivity contribution in [2.75, 3.05) is 33.3 Å². The van der Waals surface area contributed by atoms with Gasteiger partial charge in [-0.1, -0.05) is 13.0 Å². The summed E-state index contributed by atoms with van der Waals surface area (Å²) in [5, 5.41) is 2.55. The van der Waals surface area contributed by atoms with Crippen molar-refractivity contribution in [1.29, 1.82) is 0 Å². The van der Waals surface area contributed by atoms with Crippen molar-refractivity contribution in [3.05, 3.63) is 12.2 Å². The van der Waals surface area contributed by atoms with Gasteiger partial charge in [0.2, 0.25) is 5.91 Å². The van der Waals surface area contributed by atoms with Gasteiger partial charge in [-0.15, -0.1) is 0 Å². The minimum atomic E-state index is -0.349. The molecule has 0 aromatic rings. The van der Waals surface area contributed by atoms with E-state index in [0.717, 1.165) is 6.54 Å². The van der Waals surface area contributed by atoms with Crippen LogP contribution in [-0.4, -0.2) is 50.1 Å². The van der Waals surface area contributed by atoms with E-state index < -0.39 is 0 Å². The van der Waals surface area contributed by atoms with Crippen LogP contribution in [0, 0.1) is 0 Å². The Morgan fingerprint density at radius 1 is 1.38 bits per heavy atom. The molecule has 1 N–H and O–H groups in total. The molecule has 0 radical (unpaired) electrons. The highest BCUT2D eigenvalue weighted by Crippen LogP contribution is 1.89. The molecule has 5 nitrogen and oxygen atoms in total. The molecule has 92 valence electrons. The summed E-state index contributed by atoms with van der Waals surface area (Å²) in [7, 11) is 1.60. The standard InChI is InChI=1S/C11H20N2O3/c1-4-13(9-10(14)12-3)8-6-7-11(15)16-5-2/h6-7H,4-5,8-9H2,1-3H3,(H,12,14)/b7-6+. The summed E-state index contributed by atoms with van der Waals surface area (Å²) in [6.07, 6.45) is 3.08. The van der Waals surface area contributed by atoms with Gasteiger partial charge in [0, 0.05) is 19.7 Å². The van der Waals surface area contributed by atoms with Crippen molar-refractivity contribution < 1.29 is 14.3 Å². The Bertz CT molecular complexity index is 252. The lowest BCUT2D eigenvalue weighted by Gasteiger charge is -2.16. The van der Waals surface area contributed by atoms with Crippen LogP contribution in [0.1, 0.15) is 13.8 Å². The van der Waals surface area contributed by atoms with E-state index in [1.807, 2.05) is 11.8 Å². The van der Waals surface area contributed by atoms with Gasteiger partial charge in [-0.25, -0.2) is 4.79 Å². The van der Waals surface area contributed by atoms with Crippen molar-refractivity contribution in [3.8, 4) is 0 Å². The van der Waals surface area contributed by atoms with Crippen LogP contribution in [0.4, 0.5) is 0 Å². The van der Waals surface area contributed by atoms with Gasteiger partial charge in [-0.05, 0) is 13.5 Å². The Morgan fingerprint density at radius 2 is 2.06 bits per heavy atom. The molecule has 0 heterocycles. The molecule has 0 spiro atoms. The number of nitrogens with zero attached hydrogens (tertiary/aromatic N) is 1. The SMILES string of the molecule is CCOC(=O)/C=C/CN(CC)CC(=O)NC. The predicted octanol–water partition coefficient (Wildman–Crippen LogP) is 0.174. The summed E-state index contributed by atoms with van der Waals surface area (Å²) in [6, 6.07) is 0. The minimum Gasteiger partial charge on any atom is -0.463 e. The van der Waals surface area contributed by atoms with Crippen LogP contribution in [0.5, 0.6) is 0 Å². The van der Waals surface area contributed by atoms with Crippen LogP contribution >= 0.6 is 0 Å². The maximum absolute atomic E-state index is 11.1. The summed E-state index contributed by atoms with van der Waals surface area (Å²) in [5.74, 6) is -0.384. The Balaban J connectivity index is 3.94. The number of nitrogens with one attached hydrogen (secondary N) is 1. The number of hydrogen-bond acceptors (Lipinski definition) is 4. The zero-order valence-corrected chi connectivity index (χ0v) is 10.2. The number of carbonyl (C=O) groups excluding carboxylic acids is 2. The monoisotopic (exact) mass is 228 g/mol. The van der Waals surface area contributed by atoms with Gasteiger partial charge >= 0.3 is 5.97 Å². The van der Waals surface area contributed by atoms with Gasteiger partial charge in [0.1, 0.15) is 0 Å². The Hall–Kier alpha value is -1.36. The van der Waals surface area contributed by atoms with E-state index >= 15 is 0 Å². The molecular formula is C11H20N2O3. The van der Waals surface area contributed by atoms with E-state index in [0.29, 0.717) is 19.7 Å². The van der Waals surface area contributed by atoms with E-state index in [-0.39, 0.29) is 11.9 Å². The van der Waals surface area contributed by atoms with Gasteiger partial charge in [0.05, 0.1) is 13.2 Å². The number of esters is 1. The van der Waals surface area contributed by atoms with E-state index in [2.05, 4.69) is 5.32 Å². The molecule has 1 amide bonds.